The highest BCUT2D eigenvalue weighted by molar-refractivity contribution is 5.78. The molecule has 4 rings (SSSR count). The van der Waals surface area contributed by atoms with Crippen molar-refractivity contribution in [2.24, 2.45) is 0 Å². The lowest BCUT2D eigenvalue weighted by Gasteiger charge is -2.39. The minimum atomic E-state index is -0.455. The number of carbonyl (C=O) groups excluding carboxylic acids is 1. The fourth-order valence-corrected chi connectivity index (χ4v) is 3.90. The number of rotatable bonds is 3. The van der Waals surface area contributed by atoms with Crippen molar-refractivity contribution >= 4 is 5.91 Å². The molecule has 3 saturated heterocycles. The number of amides is 1. The van der Waals surface area contributed by atoms with E-state index in [1.165, 1.54) is 12.1 Å². The Hall–Kier alpha value is -1.54. The van der Waals surface area contributed by atoms with E-state index in [2.05, 4.69) is 4.90 Å². The van der Waals surface area contributed by atoms with E-state index in [0.29, 0.717) is 46.0 Å². The Morgan fingerprint density at radius 3 is 2.46 bits per heavy atom. The minimum Gasteiger partial charge on any atom is -0.371 e. The van der Waals surface area contributed by atoms with Crippen LogP contribution in [0.4, 0.5) is 4.39 Å². The molecule has 6 nitrogen and oxygen atoms in total. The maximum Gasteiger partial charge on any atom is 0.236 e. The molecule has 26 heavy (non-hydrogen) atoms. The van der Waals surface area contributed by atoms with Crippen LogP contribution in [-0.2, 0) is 19.0 Å². The zero-order chi connectivity index (χ0) is 18.0. The summed E-state index contributed by atoms with van der Waals surface area (Å²) in [6.07, 6.45) is 1.35. The predicted molar refractivity (Wildman–Crippen MR) is 92.0 cm³/mol. The summed E-state index contributed by atoms with van der Waals surface area (Å²) in [5.74, 6) is -0.573. The summed E-state index contributed by atoms with van der Waals surface area (Å²) in [6.45, 7) is 4.96. The fourth-order valence-electron chi connectivity index (χ4n) is 3.90. The van der Waals surface area contributed by atoms with E-state index in [0.717, 1.165) is 24.9 Å². The van der Waals surface area contributed by atoms with Crippen LogP contribution in [0.1, 0.15) is 24.5 Å². The molecule has 1 amide bonds. The van der Waals surface area contributed by atoms with Gasteiger partial charge in [-0.05, 0) is 17.7 Å². The van der Waals surface area contributed by atoms with Crippen molar-refractivity contribution in [1.29, 1.82) is 0 Å². The summed E-state index contributed by atoms with van der Waals surface area (Å²) in [5, 5.41) is 0. The fraction of sp³-hybridized carbons (Fsp3) is 0.632. The van der Waals surface area contributed by atoms with Crippen molar-refractivity contribution in [3.8, 4) is 0 Å². The number of nitrogens with zero attached hydrogens (tertiary/aromatic N) is 2. The Balaban J connectivity index is 1.29. The van der Waals surface area contributed by atoms with Crippen molar-refractivity contribution < 1.29 is 23.4 Å². The van der Waals surface area contributed by atoms with Gasteiger partial charge in [-0.15, -0.1) is 0 Å². The van der Waals surface area contributed by atoms with Crippen LogP contribution < -0.4 is 0 Å². The van der Waals surface area contributed by atoms with Gasteiger partial charge in [0.05, 0.1) is 32.5 Å². The second-order valence-electron chi connectivity index (χ2n) is 7.13. The molecule has 7 heteroatoms. The van der Waals surface area contributed by atoms with Gasteiger partial charge in [0, 0.05) is 39.0 Å². The third-order valence-electron chi connectivity index (χ3n) is 5.44. The molecular weight excluding hydrogens is 339 g/mol. The van der Waals surface area contributed by atoms with Crippen molar-refractivity contribution in [2.75, 3.05) is 52.5 Å². The van der Waals surface area contributed by atoms with Gasteiger partial charge < -0.3 is 19.1 Å². The molecule has 0 bridgehead atoms. The molecule has 0 saturated carbocycles. The van der Waals surface area contributed by atoms with E-state index in [-0.39, 0.29) is 17.8 Å². The van der Waals surface area contributed by atoms with Gasteiger partial charge in [0.2, 0.25) is 5.91 Å². The Labute approximate surface area is 152 Å². The highest BCUT2D eigenvalue weighted by Gasteiger charge is 2.41. The molecule has 0 aliphatic carbocycles. The van der Waals surface area contributed by atoms with Crippen LogP contribution in [0, 0.1) is 5.82 Å². The SMILES string of the molecule is O=C(CN1CCO[C@@H](c2ccc(F)cc2)C1)N1CCC2(CC1)OCCO2. The van der Waals surface area contributed by atoms with Gasteiger partial charge >= 0.3 is 0 Å². The standard InChI is InChI=1S/C19H25FN2O4/c20-16-3-1-15(2-4-16)17-13-21(9-10-24-17)14-18(23)22-7-5-19(6-8-22)25-11-12-26-19/h1-4,17H,5-14H2/t17-/m1/s1. The van der Waals surface area contributed by atoms with E-state index in [1.807, 2.05) is 4.90 Å². The Morgan fingerprint density at radius 1 is 1.08 bits per heavy atom. The number of benzene rings is 1. The minimum absolute atomic E-state index is 0.123. The topological polar surface area (TPSA) is 51.2 Å². The molecule has 0 radical (unpaired) electrons. The third kappa shape index (κ3) is 3.91. The Bertz CT molecular complexity index is 623. The highest BCUT2D eigenvalue weighted by atomic mass is 19.1. The Kier molecular flexibility index (Phi) is 5.22. The average Bonchev–Trinajstić information content (AvgIpc) is 3.11. The molecule has 3 heterocycles. The molecule has 3 aliphatic heterocycles. The van der Waals surface area contributed by atoms with Crippen LogP contribution in [0.15, 0.2) is 24.3 Å². The number of hydrogen-bond donors (Lipinski definition) is 0. The molecule has 0 N–H and O–H groups in total. The zero-order valence-corrected chi connectivity index (χ0v) is 14.9. The average molecular weight is 364 g/mol. The lowest BCUT2D eigenvalue weighted by atomic mass is 10.0. The van der Waals surface area contributed by atoms with E-state index < -0.39 is 5.79 Å². The quantitative estimate of drug-likeness (QED) is 0.815. The highest BCUT2D eigenvalue weighted by Crippen LogP contribution is 2.31. The second kappa shape index (κ2) is 7.60. The number of ether oxygens (including phenoxy) is 3. The maximum absolute atomic E-state index is 13.1. The monoisotopic (exact) mass is 364 g/mol. The first-order chi connectivity index (χ1) is 12.6. The van der Waals surface area contributed by atoms with Crippen LogP contribution in [0.5, 0.6) is 0 Å². The summed E-state index contributed by atoms with van der Waals surface area (Å²) in [5.41, 5.74) is 0.944. The molecular formula is C19H25FN2O4. The van der Waals surface area contributed by atoms with Crippen molar-refractivity contribution in [3.05, 3.63) is 35.6 Å². The van der Waals surface area contributed by atoms with Crippen molar-refractivity contribution in [1.82, 2.24) is 9.80 Å². The summed E-state index contributed by atoms with van der Waals surface area (Å²) in [4.78, 5) is 16.7. The van der Waals surface area contributed by atoms with Crippen LogP contribution in [-0.4, -0.2) is 74.0 Å². The lowest BCUT2D eigenvalue weighted by Crippen LogP contribution is -2.51. The van der Waals surface area contributed by atoms with Gasteiger partial charge in [-0.25, -0.2) is 4.39 Å². The number of hydrogen-bond acceptors (Lipinski definition) is 5. The van der Waals surface area contributed by atoms with Gasteiger partial charge in [0.1, 0.15) is 5.82 Å². The summed E-state index contributed by atoms with van der Waals surface area (Å²) in [7, 11) is 0. The van der Waals surface area contributed by atoms with Gasteiger partial charge in [-0.3, -0.25) is 9.69 Å². The molecule has 142 valence electrons. The zero-order valence-electron chi connectivity index (χ0n) is 14.9. The molecule has 1 aromatic carbocycles. The number of likely N-dealkylation sites (tertiary alicyclic amines) is 1. The van der Waals surface area contributed by atoms with E-state index in [9.17, 15) is 9.18 Å². The van der Waals surface area contributed by atoms with Crippen molar-refractivity contribution in [2.45, 2.75) is 24.7 Å². The summed E-state index contributed by atoms with van der Waals surface area (Å²) in [6, 6.07) is 6.38. The first-order valence-electron chi connectivity index (χ1n) is 9.29. The molecule has 0 unspecified atom stereocenters. The van der Waals surface area contributed by atoms with E-state index in [4.69, 9.17) is 14.2 Å². The van der Waals surface area contributed by atoms with Crippen molar-refractivity contribution in [3.63, 3.8) is 0 Å². The summed E-state index contributed by atoms with van der Waals surface area (Å²) < 4.78 is 30.3. The normalized spacial score (nSPS) is 26.3. The second-order valence-corrected chi connectivity index (χ2v) is 7.13. The first-order valence-corrected chi connectivity index (χ1v) is 9.29. The van der Waals surface area contributed by atoms with E-state index in [1.54, 1.807) is 12.1 Å². The molecule has 1 spiro atoms. The molecule has 1 atom stereocenters. The van der Waals surface area contributed by atoms with Crippen LogP contribution in [0.2, 0.25) is 0 Å². The molecule has 3 fully saturated rings. The largest absolute Gasteiger partial charge is 0.371 e. The number of morpholine rings is 1. The van der Waals surface area contributed by atoms with Gasteiger partial charge in [0.25, 0.3) is 0 Å². The van der Waals surface area contributed by atoms with E-state index >= 15 is 0 Å². The number of halogens is 1. The molecule has 1 aromatic rings. The number of piperidine rings is 1. The third-order valence-corrected chi connectivity index (χ3v) is 5.44. The predicted octanol–water partition coefficient (Wildman–Crippen LogP) is 1.56. The smallest absolute Gasteiger partial charge is 0.236 e. The van der Waals surface area contributed by atoms with Crippen LogP contribution >= 0.6 is 0 Å². The van der Waals surface area contributed by atoms with Gasteiger partial charge in [0.15, 0.2) is 5.79 Å². The van der Waals surface area contributed by atoms with Crippen LogP contribution in [0.25, 0.3) is 0 Å². The maximum atomic E-state index is 13.1. The molecule has 0 aromatic heterocycles. The van der Waals surface area contributed by atoms with Gasteiger partial charge in [-0.1, -0.05) is 12.1 Å². The van der Waals surface area contributed by atoms with Crippen LogP contribution in [0.3, 0.4) is 0 Å². The molecule has 3 aliphatic rings. The van der Waals surface area contributed by atoms with Gasteiger partial charge in [-0.2, -0.15) is 0 Å². The first kappa shape index (κ1) is 17.9. The number of carbonyl (C=O) groups is 1. The lowest BCUT2D eigenvalue weighted by molar-refractivity contribution is -0.187. The summed E-state index contributed by atoms with van der Waals surface area (Å²) >= 11 is 0. The Morgan fingerprint density at radius 2 is 1.77 bits per heavy atom.